The quantitative estimate of drug-likeness (QED) is 0.431. The Morgan fingerprint density at radius 1 is 1.12 bits per heavy atom. The Morgan fingerprint density at radius 3 is 2.76 bits per heavy atom. The molecule has 4 aromatic rings. The van der Waals surface area contributed by atoms with Gasteiger partial charge in [-0.25, -0.2) is 0 Å². The fraction of sp³-hybridized carbons (Fsp3) is 0.320. The van der Waals surface area contributed by atoms with Gasteiger partial charge in [-0.3, -0.25) is 9.20 Å². The summed E-state index contributed by atoms with van der Waals surface area (Å²) in [6.45, 7) is 5.04. The predicted octanol–water partition coefficient (Wildman–Crippen LogP) is 4.13. The second kappa shape index (κ2) is 9.42. The molecule has 1 aliphatic rings. The first-order chi connectivity index (χ1) is 16.6. The van der Waals surface area contributed by atoms with Crippen molar-refractivity contribution in [1.82, 2.24) is 24.5 Å². The topological polar surface area (TPSA) is 82.7 Å². The summed E-state index contributed by atoms with van der Waals surface area (Å²) in [5.41, 5.74) is 4.16. The monoisotopic (exact) mass is 477 g/mol. The van der Waals surface area contributed by atoms with Gasteiger partial charge in [0.25, 0.3) is 5.91 Å². The number of ether oxygens (including phenoxy) is 2. The number of aromatic nitrogens is 4. The van der Waals surface area contributed by atoms with Crippen LogP contribution in [0.4, 0.5) is 0 Å². The number of hydrogen-bond acceptors (Lipinski definition) is 6. The highest BCUT2D eigenvalue weighted by molar-refractivity contribution is 7.98. The molecule has 5 rings (SSSR count). The minimum Gasteiger partial charge on any atom is -0.486 e. The van der Waals surface area contributed by atoms with Crippen molar-refractivity contribution >= 4 is 23.3 Å². The Bertz CT molecular complexity index is 1350. The minimum absolute atomic E-state index is 0.129. The maximum atomic E-state index is 13.5. The molecule has 0 saturated carbocycles. The molecule has 3 aromatic heterocycles. The van der Waals surface area contributed by atoms with E-state index in [9.17, 15) is 4.79 Å². The number of nitrogens with one attached hydrogen (secondary N) is 1. The van der Waals surface area contributed by atoms with Crippen LogP contribution in [0.25, 0.3) is 11.3 Å². The minimum atomic E-state index is -0.255. The molecule has 0 fully saturated rings. The Hall–Kier alpha value is -3.46. The number of amides is 1. The largest absolute Gasteiger partial charge is 0.486 e. The number of rotatable bonds is 7. The van der Waals surface area contributed by atoms with Crippen molar-refractivity contribution in [3.05, 3.63) is 71.4 Å². The molecule has 34 heavy (non-hydrogen) atoms. The zero-order valence-corrected chi connectivity index (χ0v) is 20.3. The standard InChI is InChI=1S/C25H27N5O3S/c1-16-14-19(17(2)30(16)18-7-8-21-22(15-18)33-12-11-32-21)25(31)26-20(9-13-34-3)24-28-27-23-6-4-5-10-29(23)24/h4-8,10,14-15,20H,9,11-13H2,1-3H3,(H,26,31). The van der Waals surface area contributed by atoms with Crippen LogP contribution in [-0.2, 0) is 0 Å². The fourth-order valence-electron chi connectivity index (χ4n) is 4.40. The Kier molecular flexibility index (Phi) is 6.19. The van der Waals surface area contributed by atoms with Gasteiger partial charge in [-0.2, -0.15) is 11.8 Å². The van der Waals surface area contributed by atoms with Crippen LogP contribution < -0.4 is 14.8 Å². The number of nitrogens with zero attached hydrogens (tertiary/aromatic N) is 4. The van der Waals surface area contributed by atoms with Crippen molar-refractivity contribution in [3.8, 4) is 17.2 Å². The Morgan fingerprint density at radius 2 is 1.94 bits per heavy atom. The lowest BCUT2D eigenvalue weighted by atomic mass is 10.1. The number of benzene rings is 1. The van der Waals surface area contributed by atoms with Gasteiger partial charge in [0, 0.05) is 29.3 Å². The van der Waals surface area contributed by atoms with E-state index in [1.165, 1.54) is 0 Å². The van der Waals surface area contributed by atoms with Crippen LogP contribution in [0, 0.1) is 13.8 Å². The van der Waals surface area contributed by atoms with E-state index in [2.05, 4.69) is 26.3 Å². The summed E-state index contributed by atoms with van der Waals surface area (Å²) in [6, 6.07) is 13.3. The van der Waals surface area contributed by atoms with E-state index in [0.29, 0.717) is 18.8 Å². The number of thioether (sulfide) groups is 1. The molecule has 0 saturated heterocycles. The maximum absolute atomic E-state index is 13.5. The van der Waals surface area contributed by atoms with Crippen LogP contribution in [0.5, 0.6) is 11.5 Å². The molecular weight excluding hydrogens is 450 g/mol. The van der Waals surface area contributed by atoms with Crippen molar-refractivity contribution in [3.63, 3.8) is 0 Å². The first-order valence-corrected chi connectivity index (χ1v) is 12.6. The van der Waals surface area contributed by atoms with Crippen LogP contribution in [0.15, 0.2) is 48.7 Å². The van der Waals surface area contributed by atoms with Gasteiger partial charge in [-0.1, -0.05) is 6.07 Å². The molecule has 176 valence electrons. The number of hydrogen-bond donors (Lipinski definition) is 1. The molecule has 1 N–H and O–H groups in total. The summed E-state index contributed by atoms with van der Waals surface area (Å²) < 4.78 is 15.4. The van der Waals surface area contributed by atoms with Crippen molar-refractivity contribution < 1.29 is 14.3 Å². The summed E-state index contributed by atoms with van der Waals surface area (Å²) >= 11 is 1.74. The fourth-order valence-corrected chi connectivity index (χ4v) is 4.87. The maximum Gasteiger partial charge on any atom is 0.253 e. The number of carbonyl (C=O) groups excluding carboxylic acids is 1. The van der Waals surface area contributed by atoms with Gasteiger partial charge < -0.3 is 19.4 Å². The van der Waals surface area contributed by atoms with Crippen LogP contribution >= 0.6 is 11.8 Å². The average molecular weight is 478 g/mol. The molecule has 0 bridgehead atoms. The second-order valence-corrected chi connectivity index (χ2v) is 9.23. The molecule has 1 unspecified atom stereocenters. The zero-order valence-electron chi connectivity index (χ0n) is 19.4. The average Bonchev–Trinajstić information content (AvgIpc) is 3.41. The van der Waals surface area contributed by atoms with Crippen molar-refractivity contribution in [2.45, 2.75) is 26.3 Å². The molecular formula is C25H27N5O3S. The summed E-state index contributed by atoms with van der Waals surface area (Å²) in [6.07, 6.45) is 4.74. The van der Waals surface area contributed by atoms with E-state index in [4.69, 9.17) is 9.47 Å². The van der Waals surface area contributed by atoms with Crippen molar-refractivity contribution in [2.75, 3.05) is 25.2 Å². The van der Waals surface area contributed by atoms with E-state index in [1.807, 2.05) is 66.9 Å². The lowest BCUT2D eigenvalue weighted by Crippen LogP contribution is -2.30. The highest BCUT2D eigenvalue weighted by atomic mass is 32.2. The lowest BCUT2D eigenvalue weighted by Gasteiger charge is -2.20. The molecule has 0 spiro atoms. The highest BCUT2D eigenvalue weighted by Gasteiger charge is 2.24. The van der Waals surface area contributed by atoms with Crippen LogP contribution in [0.1, 0.15) is 40.0 Å². The summed E-state index contributed by atoms with van der Waals surface area (Å²) in [7, 11) is 0. The molecule has 0 radical (unpaired) electrons. The molecule has 0 aliphatic carbocycles. The Balaban J connectivity index is 1.45. The summed E-state index contributed by atoms with van der Waals surface area (Å²) in [5, 5.41) is 11.9. The Labute approximate surface area is 202 Å². The van der Waals surface area contributed by atoms with Gasteiger partial charge in [0.05, 0.1) is 11.6 Å². The molecule has 1 aromatic carbocycles. The third-order valence-corrected chi connectivity index (χ3v) is 6.67. The SMILES string of the molecule is CSCCC(NC(=O)c1cc(C)n(-c2ccc3c(c2)OCCO3)c1C)c1nnc2ccccn12. The predicted molar refractivity (Wildman–Crippen MR) is 132 cm³/mol. The first kappa shape index (κ1) is 22.3. The van der Waals surface area contributed by atoms with Gasteiger partial charge >= 0.3 is 0 Å². The summed E-state index contributed by atoms with van der Waals surface area (Å²) in [5.74, 6) is 2.96. The number of fused-ring (bicyclic) bond motifs is 2. The molecule has 1 amide bonds. The third kappa shape index (κ3) is 4.11. The molecule has 8 nitrogen and oxygen atoms in total. The zero-order chi connectivity index (χ0) is 23.7. The van der Waals surface area contributed by atoms with E-state index < -0.39 is 0 Å². The number of aryl methyl sites for hydroxylation is 1. The van der Waals surface area contributed by atoms with Gasteiger partial charge in [0.2, 0.25) is 0 Å². The van der Waals surface area contributed by atoms with Gasteiger partial charge in [-0.15, -0.1) is 10.2 Å². The van der Waals surface area contributed by atoms with E-state index in [0.717, 1.165) is 52.2 Å². The highest BCUT2D eigenvalue weighted by Crippen LogP contribution is 2.33. The summed E-state index contributed by atoms with van der Waals surface area (Å²) in [4.78, 5) is 13.5. The second-order valence-electron chi connectivity index (χ2n) is 8.24. The van der Waals surface area contributed by atoms with E-state index in [-0.39, 0.29) is 11.9 Å². The smallest absolute Gasteiger partial charge is 0.253 e. The molecule has 1 aliphatic heterocycles. The first-order valence-electron chi connectivity index (χ1n) is 11.2. The van der Waals surface area contributed by atoms with Crippen molar-refractivity contribution in [2.24, 2.45) is 0 Å². The number of carbonyl (C=O) groups is 1. The van der Waals surface area contributed by atoms with Gasteiger partial charge in [-0.05, 0) is 62.6 Å². The van der Waals surface area contributed by atoms with Crippen LogP contribution in [-0.4, -0.2) is 50.3 Å². The lowest BCUT2D eigenvalue weighted by molar-refractivity contribution is 0.0933. The van der Waals surface area contributed by atoms with Crippen LogP contribution in [0.3, 0.4) is 0 Å². The molecule has 9 heteroatoms. The van der Waals surface area contributed by atoms with Gasteiger partial charge in [0.15, 0.2) is 23.0 Å². The van der Waals surface area contributed by atoms with Crippen LogP contribution in [0.2, 0.25) is 0 Å². The number of pyridine rings is 1. The third-order valence-electron chi connectivity index (χ3n) is 6.03. The van der Waals surface area contributed by atoms with Gasteiger partial charge in [0.1, 0.15) is 13.2 Å². The molecule has 4 heterocycles. The normalized spacial score (nSPS) is 13.7. The van der Waals surface area contributed by atoms with E-state index >= 15 is 0 Å². The van der Waals surface area contributed by atoms with Crippen molar-refractivity contribution in [1.29, 1.82) is 0 Å². The molecule has 1 atom stereocenters. The van der Waals surface area contributed by atoms with E-state index in [1.54, 1.807) is 11.8 Å².